The third kappa shape index (κ3) is 3.99. The Bertz CT molecular complexity index is 834. The van der Waals surface area contributed by atoms with Crippen molar-refractivity contribution in [2.75, 3.05) is 43.6 Å². The van der Waals surface area contributed by atoms with E-state index in [4.69, 9.17) is 21.1 Å². The minimum absolute atomic E-state index is 0.0872. The van der Waals surface area contributed by atoms with E-state index < -0.39 is 5.97 Å². The molecule has 1 aromatic heterocycles. The van der Waals surface area contributed by atoms with E-state index in [0.29, 0.717) is 11.7 Å². The van der Waals surface area contributed by atoms with Crippen LogP contribution in [-0.4, -0.2) is 49.4 Å². The minimum Gasteiger partial charge on any atom is -0.464 e. The minimum atomic E-state index is -0.570. The molecular weight excluding hydrogens is 368 g/mol. The molecule has 0 spiro atoms. The Morgan fingerprint density at radius 1 is 1.22 bits per heavy atom. The molecule has 1 aromatic carbocycles. The molecule has 142 valence electrons. The molecule has 0 radical (unpaired) electrons. The molecule has 1 saturated heterocycles. The van der Waals surface area contributed by atoms with Crippen molar-refractivity contribution in [3.63, 3.8) is 0 Å². The summed E-state index contributed by atoms with van der Waals surface area (Å²) in [4.78, 5) is 23.2. The van der Waals surface area contributed by atoms with Crippen molar-refractivity contribution in [2.24, 2.45) is 0 Å². The van der Waals surface area contributed by atoms with Crippen LogP contribution in [0.3, 0.4) is 0 Å². The van der Waals surface area contributed by atoms with Gasteiger partial charge in [0.05, 0.1) is 26.0 Å². The van der Waals surface area contributed by atoms with Gasteiger partial charge in [0.1, 0.15) is 0 Å². The van der Waals surface area contributed by atoms with Gasteiger partial charge in [0.2, 0.25) is 0 Å². The van der Waals surface area contributed by atoms with Gasteiger partial charge in [-0.2, -0.15) is 0 Å². The number of morpholine rings is 1. The van der Waals surface area contributed by atoms with Crippen molar-refractivity contribution < 1.29 is 14.3 Å². The van der Waals surface area contributed by atoms with Gasteiger partial charge in [0, 0.05) is 30.4 Å². The van der Waals surface area contributed by atoms with Crippen LogP contribution in [-0.2, 0) is 9.47 Å². The predicted molar refractivity (Wildman–Crippen MR) is 103 cm³/mol. The van der Waals surface area contributed by atoms with Crippen molar-refractivity contribution >= 4 is 34.8 Å². The molecule has 1 N–H and O–H groups in total. The molecule has 1 saturated carbocycles. The van der Waals surface area contributed by atoms with Crippen LogP contribution in [0.4, 0.5) is 17.2 Å². The lowest BCUT2D eigenvalue weighted by atomic mass is 10.2. The second-order valence-electron chi connectivity index (χ2n) is 6.63. The van der Waals surface area contributed by atoms with Crippen LogP contribution in [0.5, 0.6) is 0 Å². The van der Waals surface area contributed by atoms with Gasteiger partial charge < -0.3 is 19.7 Å². The Morgan fingerprint density at radius 3 is 2.56 bits per heavy atom. The largest absolute Gasteiger partial charge is 0.464 e. The number of carbonyl (C=O) groups is 1. The number of esters is 1. The molecule has 2 aromatic rings. The van der Waals surface area contributed by atoms with E-state index in [1.807, 2.05) is 24.3 Å². The summed E-state index contributed by atoms with van der Waals surface area (Å²) in [5, 5.41) is 3.46. The number of ether oxygens (including phenoxy) is 2. The zero-order valence-electron chi connectivity index (χ0n) is 15.1. The summed E-state index contributed by atoms with van der Waals surface area (Å²) in [5.74, 6) is 0.118. The normalized spacial score (nSPS) is 16.9. The van der Waals surface area contributed by atoms with Gasteiger partial charge >= 0.3 is 5.97 Å². The van der Waals surface area contributed by atoms with Gasteiger partial charge in [-0.25, -0.2) is 14.8 Å². The van der Waals surface area contributed by atoms with E-state index in [0.717, 1.165) is 56.2 Å². The fourth-order valence-corrected chi connectivity index (χ4v) is 3.37. The number of nitrogens with zero attached hydrogens (tertiary/aromatic N) is 3. The maximum absolute atomic E-state index is 12.1. The lowest BCUT2D eigenvalue weighted by Crippen LogP contribution is -2.36. The maximum atomic E-state index is 12.1. The van der Waals surface area contributed by atoms with Gasteiger partial charge in [-0.15, -0.1) is 0 Å². The summed E-state index contributed by atoms with van der Waals surface area (Å²) >= 11 is 6.22. The number of hydrogen-bond acceptors (Lipinski definition) is 7. The molecule has 27 heavy (non-hydrogen) atoms. The molecule has 0 bridgehead atoms. The Labute approximate surface area is 162 Å². The number of halogens is 1. The van der Waals surface area contributed by atoms with Crippen LogP contribution in [0.2, 0.25) is 5.15 Å². The number of methoxy groups -OCH3 is 1. The summed E-state index contributed by atoms with van der Waals surface area (Å²) in [6.07, 6.45) is 2.08. The Morgan fingerprint density at radius 2 is 1.93 bits per heavy atom. The van der Waals surface area contributed by atoms with Crippen molar-refractivity contribution in [1.82, 2.24) is 9.97 Å². The van der Waals surface area contributed by atoms with Crippen LogP contribution in [0.1, 0.15) is 34.9 Å². The molecule has 0 atom stereocenters. The Hall–Kier alpha value is -2.38. The summed E-state index contributed by atoms with van der Waals surface area (Å²) in [6, 6.07) is 7.99. The van der Waals surface area contributed by atoms with Crippen LogP contribution in [0, 0.1) is 0 Å². The van der Waals surface area contributed by atoms with Crippen molar-refractivity contribution in [1.29, 1.82) is 0 Å². The number of aromatic nitrogens is 2. The second kappa shape index (κ2) is 7.70. The predicted octanol–water partition coefficient (Wildman–Crippen LogP) is 3.37. The standard InChI is InChI=1S/C19H21ClN4O3/c1-26-19(25)16-18(23-15(12-2-3-12)17(20)22-16)21-13-4-6-14(7-5-13)24-8-10-27-11-9-24/h4-7,12H,2-3,8-11H2,1H3,(H,21,23). The van der Waals surface area contributed by atoms with Crippen LogP contribution >= 0.6 is 11.6 Å². The number of carbonyl (C=O) groups excluding carboxylic acids is 1. The fraction of sp³-hybridized carbons (Fsp3) is 0.421. The van der Waals surface area contributed by atoms with E-state index in [1.165, 1.54) is 7.11 Å². The van der Waals surface area contributed by atoms with E-state index in [1.54, 1.807) is 0 Å². The summed E-state index contributed by atoms with van der Waals surface area (Å²) < 4.78 is 10.2. The first-order valence-corrected chi connectivity index (χ1v) is 9.39. The topological polar surface area (TPSA) is 76.6 Å². The first-order chi connectivity index (χ1) is 13.2. The highest BCUT2D eigenvalue weighted by molar-refractivity contribution is 6.30. The van der Waals surface area contributed by atoms with Crippen molar-refractivity contribution in [2.45, 2.75) is 18.8 Å². The van der Waals surface area contributed by atoms with Crippen molar-refractivity contribution in [3.8, 4) is 0 Å². The summed E-state index contributed by atoms with van der Waals surface area (Å²) in [6.45, 7) is 3.25. The average Bonchev–Trinajstić information content (AvgIpc) is 3.55. The number of nitrogens with one attached hydrogen (secondary N) is 1. The van der Waals surface area contributed by atoms with Gasteiger partial charge in [-0.1, -0.05) is 11.6 Å². The maximum Gasteiger partial charge on any atom is 0.360 e. The van der Waals surface area contributed by atoms with Gasteiger partial charge in [0.15, 0.2) is 16.7 Å². The highest BCUT2D eigenvalue weighted by Crippen LogP contribution is 2.42. The van der Waals surface area contributed by atoms with Gasteiger partial charge in [-0.05, 0) is 37.1 Å². The number of rotatable bonds is 5. The highest BCUT2D eigenvalue weighted by Gasteiger charge is 2.30. The zero-order chi connectivity index (χ0) is 18.8. The van der Waals surface area contributed by atoms with Crippen LogP contribution < -0.4 is 10.2 Å². The first-order valence-electron chi connectivity index (χ1n) is 9.01. The molecule has 0 amide bonds. The second-order valence-corrected chi connectivity index (χ2v) is 6.99. The van der Waals surface area contributed by atoms with E-state index in [-0.39, 0.29) is 10.8 Å². The third-order valence-corrected chi connectivity index (χ3v) is 5.01. The molecule has 2 aliphatic rings. The monoisotopic (exact) mass is 388 g/mol. The lowest BCUT2D eigenvalue weighted by molar-refractivity contribution is 0.0595. The molecule has 4 rings (SSSR count). The fourth-order valence-electron chi connectivity index (χ4n) is 3.08. The number of hydrogen-bond donors (Lipinski definition) is 1. The van der Waals surface area contributed by atoms with Crippen LogP contribution in [0.25, 0.3) is 0 Å². The Kier molecular flexibility index (Phi) is 5.13. The summed E-state index contributed by atoms with van der Waals surface area (Å²) in [7, 11) is 1.31. The molecule has 1 aliphatic carbocycles. The number of anilines is 3. The molecule has 7 nitrogen and oxygen atoms in total. The summed E-state index contributed by atoms with van der Waals surface area (Å²) in [5.41, 5.74) is 2.77. The van der Waals surface area contributed by atoms with E-state index in [9.17, 15) is 4.79 Å². The van der Waals surface area contributed by atoms with E-state index in [2.05, 4.69) is 20.2 Å². The smallest absolute Gasteiger partial charge is 0.360 e. The van der Waals surface area contributed by atoms with Gasteiger partial charge in [0.25, 0.3) is 0 Å². The SMILES string of the molecule is COC(=O)c1nc(Cl)c(C2CC2)nc1Nc1ccc(N2CCOCC2)cc1. The first kappa shape index (κ1) is 18.0. The highest BCUT2D eigenvalue weighted by atomic mass is 35.5. The average molecular weight is 389 g/mol. The lowest BCUT2D eigenvalue weighted by Gasteiger charge is -2.28. The number of benzene rings is 1. The molecule has 8 heteroatoms. The van der Waals surface area contributed by atoms with Crippen molar-refractivity contribution in [3.05, 3.63) is 40.8 Å². The van der Waals surface area contributed by atoms with Crippen LogP contribution in [0.15, 0.2) is 24.3 Å². The molecule has 2 heterocycles. The Balaban J connectivity index is 1.59. The third-order valence-electron chi connectivity index (χ3n) is 4.73. The molecular formula is C19H21ClN4O3. The van der Waals surface area contributed by atoms with E-state index >= 15 is 0 Å². The molecule has 0 unspecified atom stereocenters. The van der Waals surface area contributed by atoms with Gasteiger partial charge in [-0.3, -0.25) is 0 Å². The molecule has 2 fully saturated rings. The molecule has 1 aliphatic heterocycles. The zero-order valence-corrected chi connectivity index (χ0v) is 15.8. The quantitative estimate of drug-likeness (QED) is 0.787.